The topological polar surface area (TPSA) is 66.9 Å². The predicted octanol–water partition coefficient (Wildman–Crippen LogP) is 3.09. The molecule has 0 bridgehead atoms. The lowest BCUT2D eigenvalue weighted by molar-refractivity contribution is -0.127. The largest absolute Gasteiger partial charge is 0.494 e. The molecule has 8 heteroatoms. The summed E-state index contributed by atoms with van der Waals surface area (Å²) >= 11 is 1.53. The second-order valence-electron chi connectivity index (χ2n) is 5.90. The maximum Gasteiger partial charge on any atom is 0.264 e. The number of hydrogen-bond donors (Lipinski definition) is 0. The van der Waals surface area contributed by atoms with E-state index in [0.717, 1.165) is 9.20 Å². The predicted molar refractivity (Wildman–Crippen MR) is 109 cm³/mol. The zero-order valence-corrected chi connectivity index (χ0v) is 17.5. The van der Waals surface area contributed by atoms with Crippen LogP contribution < -0.4 is 9.04 Å². The van der Waals surface area contributed by atoms with Gasteiger partial charge < -0.3 is 9.64 Å². The fraction of sp³-hybridized carbons (Fsp3) is 0.316. The van der Waals surface area contributed by atoms with Crippen LogP contribution in [-0.4, -0.2) is 52.7 Å². The molecule has 0 aliphatic carbocycles. The molecule has 27 heavy (non-hydrogen) atoms. The van der Waals surface area contributed by atoms with Gasteiger partial charge in [-0.15, -0.1) is 11.8 Å². The van der Waals surface area contributed by atoms with Gasteiger partial charge in [0, 0.05) is 19.0 Å². The van der Waals surface area contributed by atoms with Crippen molar-refractivity contribution >= 4 is 33.4 Å². The molecule has 6 nitrogen and oxygen atoms in total. The highest BCUT2D eigenvalue weighted by Gasteiger charge is 2.27. The van der Waals surface area contributed by atoms with Crippen molar-refractivity contribution in [3.8, 4) is 5.75 Å². The van der Waals surface area contributed by atoms with Crippen LogP contribution in [0.1, 0.15) is 6.92 Å². The normalized spacial score (nSPS) is 11.1. The van der Waals surface area contributed by atoms with E-state index in [1.165, 1.54) is 16.7 Å². The number of ether oxygens (including phenoxy) is 1. The van der Waals surface area contributed by atoms with E-state index in [4.69, 9.17) is 4.74 Å². The van der Waals surface area contributed by atoms with Crippen molar-refractivity contribution in [3.05, 3.63) is 48.5 Å². The Balaban J connectivity index is 2.45. The highest BCUT2D eigenvalue weighted by Crippen LogP contribution is 2.27. The smallest absolute Gasteiger partial charge is 0.264 e. The quantitative estimate of drug-likeness (QED) is 0.628. The molecule has 0 spiro atoms. The van der Waals surface area contributed by atoms with E-state index in [2.05, 4.69) is 0 Å². The van der Waals surface area contributed by atoms with Crippen LogP contribution in [0.2, 0.25) is 0 Å². The average molecular weight is 409 g/mol. The van der Waals surface area contributed by atoms with Crippen LogP contribution in [0.3, 0.4) is 0 Å². The van der Waals surface area contributed by atoms with Crippen LogP contribution in [0, 0.1) is 0 Å². The lowest BCUT2D eigenvalue weighted by Crippen LogP contribution is -2.40. The van der Waals surface area contributed by atoms with Crippen molar-refractivity contribution in [1.82, 2.24) is 4.90 Å². The first-order chi connectivity index (χ1) is 12.8. The third-order valence-corrected chi connectivity index (χ3v) is 6.39. The molecule has 0 radical (unpaired) electrons. The van der Waals surface area contributed by atoms with Crippen LogP contribution >= 0.6 is 11.8 Å². The van der Waals surface area contributed by atoms with Crippen molar-refractivity contribution in [2.24, 2.45) is 0 Å². The van der Waals surface area contributed by atoms with Crippen molar-refractivity contribution in [2.45, 2.75) is 16.7 Å². The molecule has 0 unspecified atom stereocenters. The molecule has 1 amide bonds. The molecule has 0 aliphatic rings. The molecule has 0 saturated heterocycles. The van der Waals surface area contributed by atoms with Crippen molar-refractivity contribution in [2.75, 3.05) is 37.8 Å². The van der Waals surface area contributed by atoms with Gasteiger partial charge in [-0.2, -0.15) is 0 Å². The summed E-state index contributed by atoms with van der Waals surface area (Å²) < 4.78 is 33.0. The van der Waals surface area contributed by atoms with Crippen molar-refractivity contribution < 1.29 is 17.9 Å². The van der Waals surface area contributed by atoms with Crippen LogP contribution in [0.15, 0.2) is 58.3 Å². The first-order valence-electron chi connectivity index (χ1n) is 8.39. The molecule has 0 fully saturated rings. The van der Waals surface area contributed by atoms with Gasteiger partial charge in [-0.05, 0) is 61.7 Å². The lowest BCUT2D eigenvalue weighted by Gasteiger charge is -2.25. The van der Waals surface area contributed by atoms with E-state index in [1.807, 2.05) is 13.2 Å². The minimum Gasteiger partial charge on any atom is -0.494 e. The monoisotopic (exact) mass is 408 g/mol. The third kappa shape index (κ3) is 5.17. The fourth-order valence-corrected chi connectivity index (χ4v) is 4.15. The van der Waals surface area contributed by atoms with Crippen LogP contribution in [0.4, 0.5) is 5.69 Å². The van der Waals surface area contributed by atoms with Crippen LogP contribution in [0.5, 0.6) is 5.75 Å². The Bertz CT molecular complexity index is 864. The number of carbonyl (C=O) groups excluding carboxylic acids is 1. The summed E-state index contributed by atoms with van der Waals surface area (Å²) in [4.78, 5) is 14.7. The van der Waals surface area contributed by atoms with E-state index >= 15 is 0 Å². The molecule has 0 atom stereocenters. The van der Waals surface area contributed by atoms with Crippen LogP contribution in [0.25, 0.3) is 0 Å². The molecule has 2 aromatic carbocycles. The number of rotatable bonds is 8. The van der Waals surface area contributed by atoms with Gasteiger partial charge >= 0.3 is 0 Å². The van der Waals surface area contributed by atoms with Crippen molar-refractivity contribution in [3.63, 3.8) is 0 Å². The van der Waals surface area contributed by atoms with Gasteiger partial charge in [0.25, 0.3) is 10.0 Å². The fourth-order valence-electron chi connectivity index (χ4n) is 2.33. The van der Waals surface area contributed by atoms with Crippen molar-refractivity contribution in [1.29, 1.82) is 0 Å². The molecule has 0 N–H and O–H groups in total. The van der Waals surface area contributed by atoms with Gasteiger partial charge in [0.1, 0.15) is 12.3 Å². The maximum atomic E-state index is 13.2. The Hall–Kier alpha value is -2.19. The van der Waals surface area contributed by atoms with Gasteiger partial charge in [0.2, 0.25) is 5.91 Å². The van der Waals surface area contributed by atoms with Gasteiger partial charge in [-0.25, -0.2) is 8.42 Å². The number of thioether (sulfide) groups is 1. The number of carbonyl (C=O) groups is 1. The Morgan fingerprint density at radius 3 is 2.11 bits per heavy atom. The van der Waals surface area contributed by atoms with Gasteiger partial charge in [-0.1, -0.05) is 0 Å². The molecule has 0 saturated carbocycles. The van der Waals surface area contributed by atoms with E-state index in [9.17, 15) is 13.2 Å². The van der Waals surface area contributed by atoms with E-state index < -0.39 is 10.0 Å². The number of sulfonamides is 1. The minimum absolute atomic E-state index is 0.140. The third-order valence-electron chi connectivity index (χ3n) is 3.86. The summed E-state index contributed by atoms with van der Waals surface area (Å²) in [5.74, 6) is 0.329. The highest BCUT2D eigenvalue weighted by atomic mass is 32.2. The Morgan fingerprint density at radius 1 is 1.04 bits per heavy atom. The molecule has 0 aromatic heterocycles. The number of hydrogen-bond acceptors (Lipinski definition) is 5. The number of likely N-dealkylation sites (N-methyl/N-ethyl adjacent to an activating group) is 1. The molecular formula is C19H24N2O4S2. The zero-order chi connectivity index (χ0) is 20.0. The number of anilines is 1. The second-order valence-corrected chi connectivity index (χ2v) is 8.64. The lowest BCUT2D eigenvalue weighted by atomic mass is 10.3. The highest BCUT2D eigenvalue weighted by molar-refractivity contribution is 7.98. The van der Waals surface area contributed by atoms with Gasteiger partial charge in [-0.3, -0.25) is 9.10 Å². The van der Waals surface area contributed by atoms with Gasteiger partial charge in [0.05, 0.1) is 17.2 Å². The van der Waals surface area contributed by atoms with Crippen LogP contribution in [-0.2, 0) is 14.8 Å². The summed E-state index contributed by atoms with van der Waals surface area (Å²) in [6.07, 6.45) is 1.92. The number of amides is 1. The average Bonchev–Trinajstić information content (AvgIpc) is 2.66. The molecule has 2 rings (SSSR count). The second kappa shape index (κ2) is 9.14. The number of benzene rings is 2. The Labute approximate surface area is 165 Å². The molecular weight excluding hydrogens is 384 g/mol. The Kier molecular flexibility index (Phi) is 7.15. The maximum absolute atomic E-state index is 13.2. The summed E-state index contributed by atoms with van der Waals surface area (Å²) in [6.45, 7) is 2.11. The number of nitrogens with zero attached hydrogens (tertiary/aromatic N) is 2. The summed E-state index contributed by atoms with van der Waals surface area (Å²) in [6, 6.07) is 13.3. The van der Waals surface area contributed by atoms with E-state index in [0.29, 0.717) is 18.0 Å². The SMILES string of the molecule is CCOc1ccc(N(CC(=O)N(C)C)S(=O)(=O)c2ccc(SC)cc2)cc1. The first-order valence-corrected chi connectivity index (χ1v) is 11.1. The molecule has 0 aliphatic heterocycles. The van der Waals surface area contributed by atoms with Gasteiger partial charge in [0.15, 0.2) is 0 Å². The molecule has 146 valence electrons. The molecule has 0 heterocycles. The standard InChI is InChI=1S/C19H24N2O4S2/c1-5-25-16-8-6-15(7-9-16)21(14-19(22)20(2)3)27(23,24)18-12-10-17(26-4)11-13-18/h6-13H,5,14H2,1-4H3. The Morgan fingerprint density at radius 2 is 1.63 bits per heavy atom. The summed E-state index contributed by atoms with van der Waals surface area (Å²) in [5.41, 5.74) is 0.405. The minimum atomic E-state index is -3.90. The van der Waals surface area contributed by atoms with E-state index in [-0.39, 0.29) is 17.3 Å². The van der Waals surface area contributed by atoms with E-state index in [1.54, 1.807) is 62.6 Å². The zero-order valence-electron chi connectivity index (χ0n) is 15.9. The first kappa shape index (κ1) is 21.1. The summed E-state index contributed by atoms with van der Waals surface area (Å²) in [5, 5.41) is 0. The summed E-state index contributed by atoms with van der Waals surface area (Å²) in [7, 11) is -0.705. The molecule has 2 aromatic rings.